The van der Waals surface area contributed by atoms with Gasteiger partial charge < -0.3 is 53.6 Å². The number of esters is 1. The molecule has 0 aromatic rings. The van der Waals surface area contributed by atoms with Crippen LogP contribution in [0, 0.1) is 17.8 Å². The van der Waals surface area contributed by atoms with E-state index < -0.39 is 72.3 Å². The van der Waals surface area contributed by atoms with Crippen molar-refractivity contribution in [2.24, 2.45) is 17.8 Å². The minimum Gasteiger partial charge on any atom is -0.450 e. The highest BCUT2D eigenvalue weighted by Crippen LogP contribution is 2.49. The number of ether oxygens (including phenoxy) is 7. The predicted octanol–water partition coefficient (Wildman–Crippen LogP) is 4.27. The molecule has 7 aliphatic heterocycles. The Morgan fingerprint density at radius 1 is 0.818 bits per heavy atom. The third-order valence-corrected chi connectivity index (χ3v) is 13.3. The van der Waals surface area contributed by atoms with Crippen molar-refractivity contribution < 1.29 is 58.4 Å². The number of aliphatic hydroxyl groups excluding tert-OH is 3. The molecule has 12 heteroatoms. The molecule has 7 rings (SSSR count). The number of carbonyl (C=O) groups excluding carboxylic acids is 1. The molecule has 304 valence electrons. The lowest BCUT2D eigenvalue weighted by atomic mass is 9.78. The van der Waals surface area contributed by atoms with Gasteiger partial charge in [0.15, 0.2) is 18.0 Å². The first-order chi connectivity index (χ1) is 26.1. The molecule has 7 heterocycles. The summed E-state index contributed by atoms with van der Waals surface area (Å²) in [6.07, 6.45) is 1.50. The first kappa shape index (κ1) is 40.7. The molecule has 12 nitrogen and oxygen atoms in total. The normalized spacial score (nSPS) is 48.7. The van der Waals surface area contributed by atoms with Crippen LogP contribution in [0.3, 0.4) is 0 Å². The number of hydrogen-bond acceptors (Lipinski definition) is 12. The van der Waals surface area contributed by atoms with Gasteiger partial charge >= 0.3 is 5.97 Å². The Balaban J connectivity index is 1.23. The summed E-state index contributed by atoms with van der Waals surface area (Å²) in [5, 5.41) is 45.8. The molecule has 9 bridgehead atoms. The molecule has 0 amide bonds. The number of carbonyl (C=O) groups is 1. The second-order valence-corrected chi connectivity index (χ2v) is 17.0. The van der Waals surface area contributed by atoms with E-state index in [0.717, 1.165) is 5.57 Å². The van der Waals surface area contributed by atoms with Crippen LogP contribution < -0.4 is 0 Å². The molecule has 0 aromatic carbocycles. The predicted molar refractivity (Wildman–Crippen MR) is 201 cm³/mol. The van der Waals surface area contributed by atoms with Crippen LogP contribution in [-0.2, 0) is 38.0 Å². The number of hydrogen-bond donors (Lipinski definition) is 4. The molecule has 17 unspecified atom stereocenters. The number of fused-ring (bicyclic) bond motifs is 11. The summed E-state index contributed by atoms with van der Waals surface area (Å²) < 4.78 is 45.2. The lowest BCUT2D eigenvalue weighted by Gasteiger charge is -2.53. The van der Waals surface area contributed by atoms with Crippen LogP contribution >= 0.6 is 0 Å². The summed E-state index contributed by atoms with van der Waals surface area (Å²) in [4.78, 5) is 14.2. The van der Waals surface area contributed by atoms with E-state index in [-0.39, 0.29) is 55.7 Å². The van der Waals surface area contributed by atoms with Gasteiger partial charge in [0, 0.05) is 12.3 Å². The van der Waals surface area contributed by atoms with Gasteiger partial charge in [-0.2, -0.15) is 0 Å². The monoisotopic (exact) mass is 768 g/mol. The minimum atomic E-state index is -1.91. The van der Waals surface area contributed by atoms with E-state index in [1.54, 1.807) is 6.08 Å². The lowest BCUT2D eigenvalue weighted by molar-refractivity contribution is -0.317. The molecule has 17 atom stereocenters. The van der Waals surface area contributed by atoms with E-state index in [0.29, 0.717) is 61.7 Å². The maximum absolute atomic E-state index is 14.2. The summed E-state index contributed by atoms with van der Waals surface area (Å²) in [5.74, 6) is -4.48. The Kier molecular flexibility index (Phi) is 11.9. The fourth-order valence-electron chi connectivity index (χ4n) is 9.38. The molecule has 5 saturated heterocycles. The Bertz CT molecular complexity index is 1570. The van der Waals surface area contributed by atoms with Gasteiger partial charge in [-0.3, -0.25) is 0 Å². The van der Waals surface area contributed by atoms with Crippen molar-refractivity contribution in [2.75, 3.05) is 6.61 Å². The van der Waals surface area contributed by atoms with E-state index in [1.165, 1.54) is 6.08 Å². The van der Waals surface area contributed by atoms with Gasteiger partial charge in [0.05, 0.1) is 43.2 Å². The Labute approximate surface area is 324 Å². The molecule has 7 aliphatic rings. The smallest absolute Gasteiger partial charge is 0.340 e. The Hall–Kier alpha value is -2.49. The van der Waals surface area contributed by atoms with Gasteiger partial charge in [-0.25, -0.2) is 4.79 Å². The van der Waals surface area contributed by atoms with Crippen molar-refractivity contribution in [1.29, 1.82) is 0 Å². The highest BCUT2D eigenvalue weighted by Gasteiger charge is 2.55. The van der Waals surface area contributed by atoms with Crippen LogP contribution in [0.15, 0.2) is 72.9 Å². The molecule has 4 N–H and O–H groups in total. The van der Waals surface area contributed by atoms with Crippen molar-refractivity contribution in [1.82, 2.24) is 0 Å². The van der Waals surface area contributed by atoms with E-state index in [2.05, 4.69) is 32.4 Å². The highest BCUT2D eigenvalue weighted by atomic mass is 16.7. The van der Waals surface area contributed by atoms with Gasteiger partial charge in [-0.15, -0.1) is 0 Å². The molecule has 0 radical (unpaired) electrons. The second kappa shape index (κ2) is 16.0. The van der Waals surface area contributed by atoms with Crippen molar-refractivity contribution in [3.63, 3.8) is 0 Å². The number of aliphatic hydroxyl groups is 4. The summed E-state index contributed by atoms with van der Waals surface area (Å²) in [5.41, 5.74) is 2.12. The standard InChI is InChI=1S/C43H60O12/c1-22-18-19-49-43(48,28(22)7)36-13-8-10-29(44)37(46)27(6)31-16-17-34(50-31)32-11-9-12-33(51-32)35-15-14-25(4)42(54-35)21-24(3)26(5)39(55-42)40-30(45)20-23(2)38(53-40)41(47)52-36/h8-9,11,13,22,24,28-40,44-46,48H,2,4-6,10,12,14-21H2,1,3,7H3. The van der Waals surface area contributed by atoms with Gasteiger partial charge in [0.25, 0.3) is 0 Å². The zero-order valence-corrected chi connectivity index (χ0v) is 32.4. The van der Waals surface area contributed by atoms with E-state index >= 15 is 0 Å². The van der Waals surface area contributed by atoms with Gasteiger partial charge in [0.1, 0.15) is 24.4 Å². The van der Waals surface area contributed by atoms with Crippen LogP contribution in [0.1, 0.15) is 78.6 Å². The first-order valence-electron chi connectivity index (χ1n) is 20.1. The molecular formula is C43H60O12. The van der Waals surface area contributed by atoms with E-state index in [1.807, 2.05) is 26.8 Å². The van der Waals surface area contributed by atoms with Crippen LogP contribution in [0.2, 0.25) is 0 Å². The third-order valence-electron chi connectivity index (χ3n) is 13.3. The van der Waals surface area contributed by atoms with Crippen molar-refractivity contribution in [3.05, 3.63) is 72.9 Å². The average molecular weight is 769 g/mol. The highest BCUT2D eigenvalue weighted by molar-refractivity contribution is 5.79. The molecule has 0 aliphatic carbocycles. The molecular weight excluding hydrogens is 708 g/mol. The Morgan fingerprint density at radius 2 is 1.58 bits per heavy atom. The first-order valence-corrected chi connectivity index (χ1v) is 20.1. The second-order valence-electron chi connectivity index (χ2n) is 17.0. The molecule has 1 spiro atoms. The molecule has 0 saturated carbocycles. The van der Waals surface area contributed by atoms with E-state index in [4.69, 9.17) is 33.2 Å². The molecule has 55 heavy (non-hydrogen) atoms. The average Bonchev–Trinajstić information content (AvgIpc) is 3.66. The SMILES string of the molecule is C=C1CC(O)C2OC1C(=O)OC(C1(O)OCCC(C)C1C)C=CCC(O)C(O)C(=C)C1CCC(O1)C1C=CCC(O1)C1CCC(=C)C3(CC(C)C(=C)C2O3)O1. The number of cyclic esters (lactones) is 1. The van der Waals surface area contributed by atoms with Crippen molar-refractivity contribution in [3.8, 4) is 0 Å². The van der Waals surface area contributed by atoms with Crippen molar-refractivity contribution in [2.45, 2.75) is 163 Å². The molecule has 5 fully saturated rings. The number of rotatable bonds is 1. The summed E-state index contributed by atoms with van der Waals surface area (Å²) in [7, 11) is 0. The maximum atomic E-state index is 14.2. The Morgan fingerprint density at radius 3 is 2.36 bits per heavy atom. The van der Waals surface area contributed by atoms with Crippen LogP contribution in [0.4, 0.5) is 0 Å². The topological polar surface area (TPSA) is 163 Å². The van der Waals surface area contributed by atoms with Gasteiger partial charge in [-0.05, 0) is 91.6 Å². The summed E-state index contributed by atoms with van der Waals surface area (Å²) >= 11 is 0. The van der Waals surface area contributed by atoms with E-state index in [9.17, 15) is 25.2 Å². The zero-order valence-electron chi connectivity index (χ0n) is 32.4. The lowest BCUT2D eigenvalue weighted by Crippen LogP contribution is -2.60. The molecule has 0 aromatic heterocycles. The zero-order chi connectivity index (χ0) is 39.4. The van der Waals surface area contributed by atoms with Crippen LogP contribution in [0.5, 0.6) is 0 Å². The van der Waals surface area contributed by atoms with Gasteiger partial charge in [0.2, 0.25) is 5.79 Å². The van der Waals surface area contributed by atoms with Crippen LogP contribution in [0.25, 0.3) is 0 Å². The summed E-state index contributed by atoms with van der Waals surface area (Å²) in [6, 6.07) is 0. The van der Waals surface area contributed by atoms with Gasteiger partial charge in [-0.1, -0.05) is 65.3 Å². The third kappa shape index (κ3) is 7.77. The van der Waals surface area contributed by atoms with Crippen molar-refractivity contribution >= 4 is 5.97 Å². The maximum Gasteiger partial charge on any atom is 0.340 e. The quantitative estimate of drug-likeness (QED) is 0.171. The minimum absolute atomic E-state index is 0.0277. The van der Waals surface area contributed by atoms with Crippen LogP contribution in [-0.4, -0.2) is 118 Å². The fraction of sp³-hybridized carbons (Fsp3) is 0.698. The fourth-order valence-corrected chi connectivity index (χ4v) is 9.38. The largest absolute Gasteiger partial charge is 0.450 e. The summed E-state index contributed by atoms with van der Waals surface area (Å²) in [6.45, 7) is 23.0.